The van der Waals surface area contributed by atoms with Crippen molar-refractivity contribution < 1.29 is 4.79 Å². The van der Waals surface area contributed by atoms with Crippen molar-refractivity contribution in [2.45, 2.75) is 6.92 Å². The Morgan fingerprint density at radius 1 is 1.47 bits per heavy atom. The molecule has 0 heterocycles. The van der Waals surface area contributed by atoms with Crippen molar-refractivity contribution in [3.05, 3.63) is 29.8 Å². The summed E-state index contributed by atoms with van der Waals surface area (Å²) in [6, 6.07) is 7.41. The summed E-state index contributed by atoms with van der Waals surface area (Å²) in [5, 5.41) is 5.63. The highest BCUT2D eigenvalue weighted by Crippen LogP contribution is 2.12. The van der Waals surface area contributed by atoms with Crippen LogP contribution in [0, 0.1) is 11.8 Å². The summed E-state index contributed by atoms with van der Waals surface area (Å²) < 4.78 is 0. The predicted molar refractivity (Wildman–Crippen MR) is 72.4 cm³/mol. The van der Waals surface area contributed by atoms with Crippen LogP contribution in [0.15, 0.2) is 24.3 Å². The number of carbonyl (C=O) groups excluding carboxylic acids is 1. The molecular weight excluding hydrogens is 234 g/mol. The summed E-state index contributed by atoms with van der Waals surface area (Å²) in [7, 11) is 0. The summed E-state index contributed by atoms with van der Waals surface area (Å²) in [5.41, 5.74) is 6.95. The van der Waals surface area contributed by atoms with Gasteiger partial charge in [0.25, 0.3) is 0 Å². The van der Waals surface area contributed by atoms with Crippen LogP contribution in [0.1, 0.15) is 12.5 Å². The molecule has 0 saturated carbocycles. The van der Waals surface area contributed by atoms with Gasteiger partial charge in [0.15, 0.2) is 5.11 Å². The Labute approximate surface area is 106 Å². The molecule has 1 aromatic carbocycles. The molecule has 17 heavy (non-hydrogen) atoms. The molecular formula is C12H13N3OS. The maximum atomic E-state index is 10.6. The zero-order valence-corrected chi connectivity index (χ0v) is 10.2. The third-order valence-corrected chi connectivity index (χ3v) is 1.94. The number of hydrogen-bond acceptors (Lipinski definition) is 2. The molecule has 0 bridgehead atoms. The lowest BCUT2D eigenvalue weighted by atomic mass is 10.2. The van der Waals surface area contributed by atoms with Crippen LogP contribution in [-0.2, 0) is 4.79 Å². The van der Waals surface area contributed by atoms with E-state index in [0.29, 0.717) is 6.54 Å². The van der Waals surface area contributed by atoms with Crippen LogP contribution >= 0.6 is 12.2 Å². The first-order valence-electron chi connectivity index (χ1n) is 4.98. The van der Waals surface area contributed by atoms with Gasteiger partial charge in [-0.2, -0.15) is 0 Å². The minimum Gasteiger partial charge on any atom is -0.376 e. The van der Waals surface area contributed by atoms with E-state index in [9.17, 15) is 4.79 Å². The van der Waals surface area contributed by atoms with Crippen LogP contribution in [0.25, 0.3) is 0 Å². The SMILES string of the molecule is CC(=O)NCC#Cc1ccccc1NC(N)=S. The summed E-state index contributed by atoms with van der Waals surface area (Å²) in [6.45, 7) is 1.76. The third-order valence-electron chi connectivity index (χ3n) is 1.83. The number of nitrogens with two attached hydrogens (primary N) is 1. The van der Waals surface area contributed by atoms with E-state index in [2.05, 4.69) is 22.5 Å². The first-order chi connectivity index (χ1) is 8.09. The van der Waals surface area contributed by atoms with Crippen LogP contribution in [0.4, 0.5) is 5.69 Å². The maximum absolute atomic E-state index is 10.6. The largest absolute Gasteiger partial charge is 0.376 e. The monoisotopic (exact) mass is 247 g/mol. The van der Waals surface area contributed by atoms with E-state index in [1.54, 1.807) is 0 Å². The highest BCUT2D eigenvalue weighted by atomic mass is 32.1. The van der Waals surface area contributed by atoms with Gasteiger partial charge in [-0.25, -0.2) is 0 Å². The number of nitrogens with one attached hydrogen (secondary N) is 2. The van der Waals surface area contributed by atoms with Crippen molar-refractivity contribution in [2.24, 2.45) is 5.73 Å². The molecule has 0 saturated heterocycles. The zero-order valence-electron chi connectivity index (χ0n) is 9.41. The molecule has 1 rings (SSSR count). The normalized spacial score (nSPS) is 8.76. The quantitative estimate of drug-likeness (QED) is 0.535. The van der Waals surface area contributed by atoms with Crippen LogP contribution in [0.5, 0.6) is 0 Å². The Kier molecular flexibility index (Phi) is 4.98. The van der Waals surface area contributed by atoms with Gasteiger partial charge in [-0.1, -0.05) is 24.0 Å². The minimum absolute atomic E-state index is 0.103. The van der Waals surface area contributed by atoms with Crippen molar-refractivity contribution in [3.8, 4) is 11.8 Å². The fraction of sp³-hybridized carbons (Fsp3) is 0.167. The molecule has 0 atom stereocenters. The molecule has 5 heteroatoms. The lowest BCUT2D eigenvalue weighted by molar-refractivity contribution is -0.118. The van der Waals surface area contributed by atoms with Crippen molar-refractivity contribution in [1.29, 1.82) is 0 Å². The molecule has 0 aliphatic rings. The van der Waals surface area contributed by atoms with Gasteiger partial charge in [0.2, 0.25) is 5.91 Å². The first-order valence-corrected chi connectivity index (χ1v) is 5.39. The van der Waals surface area contributed by atoms with Gasteiger partial charge in [-0.3, -0.25) is 4.79 Å². The van der Waals surface area contributed by atoms with Gasteiger partial charge < -0.3 is 16.4 Å². The number of benzene rings is 1. The lowest BCUT2D eigenvalue weighted by Crippen LogP contribution is -2.20. The molecule has 0 spiro atoms. The Morgan fingerprint density at radius 2 is 2.18 bits per heavy atom. The zero-order chi connectivity index (χ0) is 12.7. The maximum Gasteiger partial charge on any atom is 0.217 e. The molecule has 88 valence electrons. The molecule has 0 aliphatic carbocycles. The number of rotatable bonds is 2. The standard InChI is InChI=1S/C12H13N3OS/c1-9(16)14-8-4-6-10-5-2-3-7-11(10)15-12(13)17/h2-3,5,7H,8H2,1H3,(H,14,16)(H3,13,15,17). The van der Waals surface area contributed by atoms with E-state index in [0.717, 1.165) is 11.3 Å². The lowest BCUT2D eigenvalue weighted by Gasteiger charge is -2.05. The van der Waals surface area contributed by atoms with Gasteiger partial charge in [0.05, 0.1) is 12.2 Å². The molecule has 1 amide bonds. The van der Waals surface area contributed by atoms with Gasteiger partial charge in [-0.05, 0) is 24.4 Å². The third kappa shape index (κ3) is 5.00. The van der Waals surface area contributed by atoms with Crippen molar-refractivity contribution in [3.63, 3.8) is 0 Å². The Hall–Kier alpha value is -2.06. The second-order valence-electron chi connectivity index (χ2n) is 3.25. The molecule has 0 aliphatic heterocycles. The smallest absolute Gasteiger partial charge is 0.217 e. The van der Waals surface area contributed by atoms with Gasteiger partial charge in [0.1, 0.15) is 0 Å². The summed E-state index contributed by atoms with van der Waals surface area (Å²) >= 11 is 4.77. The number of anilines is 1. The van der Waals surface area contributed by atoms with Gasteiger partial charge in [-0.15, -0.1) is 0 Å². The summed E-state index contributed by atoms with van der Waals surface area (Å²) in [4.78, 5) is 10.6. The van der Waals surface area contributed by atoms with Crippen LogP contribution < -0.4 is 16.4 Å². The Balaban J connectivity index is 2.75. The van der Waals surface area contributed by atoms with Crippen molar-refractivity contribution in [1.82, 2.24) is 5.32 Å². The minimum atomic E-state index is -0.103. The predicted octanol–water partition coefficient (Wildman–Crippen LogP) is 0.830. The summed E-state index contributed by atoms with van der Waals surface area (Å²) in [5.74, 6) is 5.67. The molecule has 4 nitrogen and oxygen atoms in total. The van der Waals surface area contributed by atoms with E-state index < -0.39 is 0 Å². The molecule has 0 aromatic heterocycles. The van der Waals surface area contributed by atoms with Gasteiger partial charge >= 0.3 is 0 Å². The molecule has 0 fully saturated rings. The highest BCUT2D eigenvalue weighted by molar-refractivity contribution is 7.80. The average molecular weight is 247 g/mol. The number of thiocarbonyl (C=S) groups is 1. The second-order valence-corrected chi connectivity index (χ2v) is 3.69. The molecule has 0 radical (unpaired) electrons. The number of carbonyl (C=O) groups is 1. The van der Waals surface area contributed by atoms with E-state index in [4.69, 9.17) is 18.0 Å². The van der Waals surface area contributed by atoms with E-state index in [1.165, 1.54) is 6.92 Å². The Bertz CT molecular complexity index is 488. The van der Waals surface area contributed by atoms with E-state index in [-0.39, 0.29) is 11.0 Å². The van der Waals surface area contributed by atoms with Gasteiger partial charge in [0, 0.05) is 12.5 Å². The van der Waals surface area contributed by atoms with E-state index in [1.807, 2.05) is 24.3 Å². The van der Waals surface area contributed by atoms with Crippen molar-refractivity contribution in [2.75, 3.05) is 11.9 Å². The van der Waals surface area contributed by atoms with E-state index >= 15 is 0 Å². The number of para-hydroxylation sites is 1. The second kappa shape index (κ2) is 6.51. The number of hydrogen-bond donors (Lipinski definition) is 3. The molecule has 0 unspecified atom stereocenters. The fourth-order valence-electron chi connectivity index (χ4n) is 1.14. The van der Waals surface area contributed by atoms with Crippen LogP contribution in [-0.4, -0.2) is 17.6 Å². The first kappa shape index (κ1) is 13.0. The topological polar surface area (TPSA) is 67.2 Å². The van der Waals surface area contributed by atoms with Crippen molar-refractivity contribution >= 4 is 28.9 Å². The molecule has 1 aromatic rings. The van der Waals surface area contributed by atoms with Crippen LogP contribution in [0.3, 0.4) is 0 Å². The fourth-order valence-corrected chi connectivity index (χ4v) is 1.25. The summed E-state index contributed by atoms with van der Waals surface area (Å²) in [6.07, 6.45) is 0. The average Bonchev–Trinajstić information content (AvgIpc) is 2.25. The molecule has 4 N–H and O–H groups in total. The van der Waals surface area contributed by atoms with Crippen LogP contribution in [0.2, 0.25) is 0 Å². The Morgan fingerprint density at radius 3 is 2.82 bits per heavy atom. The number of amides is 1. The highest BCUT2D eigenvalue weighted by Gasteiger charge is 1.98.